The molecule has 2 heterocycles. The number of hydrogen-bond donors (Lipinski definition) is 1. The Morgan fingerprint density at radius 3 is 2.14 bits per heavy atom. The highest BCUT2D eigenvalue weighted by Crippen LogP contribution is 2.29. The number of benzene rings is 1. The van der Waals surface area contributed by atoms with Crippen LogP contribution in [-0.4, -0.2) is 88.2 Å². The van der Waals surface area contributed by atoms with Crippen LogP contribution in [0, 0.1) is 0 Å². The van der Waals surface area contributed by atoms with Crippen molar-refractivity contribution in [1.29, 1.82) is 0 Å². The third-order valence-corrected chi connectivity index (χ3v) is 6.17. The van der Waals surface area contributed by atoms with Gasteiger partial charge in [0.15, 0.2) is 6.73 Å². The van der Waals surface area contributed by atoms with Crippen LogP contribution in [0.2, 0.25) is 0 Å². The van der Waals surface area contributed by atoms with Crippen LogP contribution < -0.4 is 5.32 Å². The van der Waals surface area contributed by atoms with E-state index in [9.17, 15) is 28.8 Å². The maximum Gasteiger partial charge on any atom is 0.333 e. The minimum absolute atomic E-state index is 0. The summed E-state index contributed by atoms with van der Waals surface area (Å²) in [7, 11) is 0. The Labute approximate surface area is 215 Å². The molecule has 5 amide bonds. The van der Waals surface area contributed by atoms with Gasteiger partial charge in [0.1, 0.15) is 11.6 Å². The van der Waals surface area contributed by atoms with Crippen LogP contribution in [0.4, 0.5) is 0 Å². The molecule has 0 radical (unpaired) electrons. The predicted molar refractivity (Wildman–Crippen MR) is 130 cm³/mol. The van der Waals surface area contributed by atoms with E-state index in [1.807, 2.05) is 18.7 Å². The Hall–Kier alpha value is -3.31. The molecule has 0 spiro atoms. The topological polar surface area (TPSA) is 133 Å². The molecule has 2 aliphatic rings. The van der Waals surface area contributed by atoms with Gasteiger partial charge in [0.25, 0.3) is 17.7 Å². The number of piperidine rings is 1. The normalized spacial score (nSPS) is 17.8. The first-order valence-corrected chi connectivity index (χ1v) is 11.5. The zero-order chi connectivity index (χ0) is 25.9. The number of fused-ring (bicyclic) bond motifs is 1. The van der Waals surface area contributed by atoms with Gasteiger partial charge in [-0.2, -0.15) is 0 Å². The summed E-state index contributed by atoms with van der Waals surface area (Å²) in [5.41, 5.74) is -1.02. The highest BCUT2D eigenvalue weighted by molar-refractivity contribution is 6.23. The summed E-state index contributed by atoms with van der Waals surface area (Å²) in [4.78, 5) is 79.5. The van der Waals surface area contributed by atoms with Crippen LogP contribution in [0.3, 0.4) is 0 Å². The van der Waals surface area contributed by atoms with Gasteiger partial charge in [-0.05, 0) is 45.5 Å². The molecule has 1 aromatic carbocycles. The van der Waals surface area contributed by atoms with Gasteiger partial charge in [0.2, 0.25) is 11.8 Å². The second kappa shape index (κ2) is 11.6. The molecular formula is C24H31ClN4O7. The van der Waals surface area contributed by atoms with Crippen molar-refractivity contribution in [2.75, 3.05) is 26.4 Å². The highest BCUT2D eigenvalue weighted by atomic mass is 35.5. The van der Waals surface area contributed by atoms with E-state index in [4.69, 9.17) is 4.74 Å². The zero-order valence-corrected chi connectivity index (χ0v) is 21.6. The molecule has 0 aliphatic carbocycles. The van der Waals surface area contributed by atoms with Gasteiger partial charge in [-0.15, -0.1) is 12.4 Å². The van der Waals surface area contributed by atoms with Gasteiger partial charge in [0, 0.05) is 6.42 Å². The maximum atomic E-state index is 13.1. The van der Waals surface area contributed by atoms with Crippen molar-refractivity contribution >= 4 is 47.9 Å². The number of esters is 1. The largest absolute Gasteiger partial charge is 0.442 e. The first-order chi connectivity index (χ1) is 16.5. The Kier molecular flexibility index (Phi) is 9.33. The quantitative estimate of drug-likeness (QED) is 0.374. The summed E-state index contributed by atoms with van der Waals surface area (Å²) < 4.78 is 5.20. The van der Waals surface area contributed by atoms with Gasteiger partial charge in [-0.25, -0.2) is 9.69 Å². The predicted octanol–water partition coefficient (Wildman–Crippen LogP) is 0.959. The Morgan fingerprint density at radius 2 is 1.61 bits per heavy atom. The van der Waals surface area contributed by atoms with Gasteiger partial charge in [0.05, 0.1) is 17.7 Å². The van der Waals surface area contributed by atoms with Crippen molar-refractivity contribution in [1.82, 2.24) is 20.0 Å². The third-order valence-electron chi connectivity index (χ3n) is 6.17. The average molecular weight is 523 g/mol. The fourth-order valence-electron chi connectivity index (χ4n) is 4.08. The molecule has 2 aliphatic heterocycles. The highest BCUT2D eigenvalue weighted by Gasteiger charge is 2.47. The molecule has 0 saturated carbocycles. The summed E-state index contributed by atoms with van der Waals surface area (Å²) in [6.45, 7) is 7.49. The zero-order valence-electron chi connectivity index (χ0n) is 20.7. The van der Waals surface area contributed by atoms with Crippen LogP contribution in [0.25, 0.3) is 0 Å². The molecule has 1 aromatic rings. The van der Waals surface area contributed by atoms with E-state index >= 15 is 0 Å². The summed E-state index contributed by atoms with van der Waals surface area (Å²) in [6.07, 6.45) is -0.119. The van der Waals surface area contributed by atoms with Crippen LogP contribution in [0.5, 0.6) is 0 Å². The number of ether oxygens (including phenoxy) is 1. The molecule has 12 heteroatoms. The van der Waals surface area contributed by atoms with E-state index in [0.717, 1.165) is 9.80 Å². The van der Waals surface area contributed by atoms with Gasteiger partial charge in [-0.3, -0.25) is 33.8 Å². The number of amides is 5. The molecule has 36 heavy (non-hydrogen) atoms. The molecule has 1 N–H and O–H groups in total. The van der Waals surface area contributed by atoms with Crippen molar-refractivity contribution in [2.24, 2.45) is 0 Å². The average Bonchev–Trinajstić information content (AvgIpc) is 3.07. The van der Waals surface area contributed by atoms with Gasteiger partial charge < -0.3 is 10.1 Å². The van der Waals surface area contributed by atoms with Crippen molar-refractivity contribution in [3.05, 3.63) is 35.4 Å². The van der Waals surface area contributed by atoms with Crippen molar-refractivity contribution in [3.63, 3.8) is 0 Å². The van der Waals surface area contributed by atoms with E-state index in [1.165, 1.54) is 26.0 Å². The summed E-state index contributed by atoms with van der Waals surface area (Å²) in [6, 6.07) is 5.07. The van der Waals surface area contributed by atoms with E-state index < -0.39 is 47.9 Å². The van der Waals surface area contributed by atoms with E-state index in [2.05, 4.69) is 5.32 Å². The smallest absolute Gasteiger partial charge is 0.333 e. The molecule has 0 bridgehead atoms. The molecule has 1 saturated heterocycles. The number of imide groups is 2. The van der Waals surface area contributed by atoms with Crippen LogP contribution in [-0.2, 0) is 23.9 Å². The molecule has 196 valence electrons. The maximum absolute atomic E-state index is 13.1. The number of nitrogens with one attached hydrogen (secondary N) is 1. The number of likely N-dealkylation sites (tertiary alicyclic amines) is 1. The van der Waals surface area contributed by atoms with E-state index in [-0.39, 0.29) is 48.8 Å². The monoisotopic (exact) mass is 522 g/mol. The van der Waals surface area contributed by atoms with Crippen LogP contribution in [0.1, 0.15) is 61.3 Å². The third kappa shape index (κ3) is 5.73. The molecule has 1 unspecified atom stereocenters. The summed E-state index contributed by atoms with van der Waals surface area (Å²) >= 11 is 0. The SMILES string of the molecule is CCN(CC)CC(=O)NC(C)(C)C(=O)OCN1C(=O)CCC(N2C(=O)c3ccccc3C2=O)C1=O.Cl. The summed E-state index contributed by atoms with van der Waals surface area (Å²) in [5.74, 6) is -3.80. The Balaban J connectivity index is 0.00000456. The second-order valence-corrected chi connectivity index (χ2v) is 8.94. The minimum Gasteiger partial charge on any atom is -0.442 e. The molecule has 11 nitrogen and oxygen atoms in total. The lowest BCUT2D eigenvalue weighted by atomic mass is 10.0. The first kappa shape index (κ1) is 28.9. The second-order valence-electron chi connectivity index (χ2n) is 8.94. The number of carbonyl (C=O) groups is 6. The molecule has 0 aromatic heterocycles. The van der Waals surface area contributed by atoms with Crippen molar-refractivity contribution < 1.29 is 33.5 Å². The minimum atomic E-state index is -1.41. The number of likely N-dealkylation sites (N-methyl/N-ethyl adjacent to an activating group) is 1. The van der Waals surface area contributed by atoms with Crippen LogP contribution >= 0.6 is 12.4 Å². The van der Waals surface area contributed by atoms with E-state index in [0.29, 0.717) is 13.1 Å². The molecule has 1 fully saturated rings. The number of rotatable bonds is 9. The number of nitrogens with zero attached hydrogens (tertiary/aromatic N) is 3. The number of carbonyl (C=O) groups excluding carboxylic acids is 6. The Bertz CT molecular complexity index is 1040. The van der Waals surface area contributed by atoms with Gasteiger partial charge >= 0.3 is 5.97 Å². The Morgan fingerprint density at radius 1 is 1.06 bits per heavy atom. The first-order valence-electron chi connectivity index (χ1n) is 11.5. The lowest BCUT2D eigenvalue weighted by Crippen LogP contribution is -2.58. The summed E-state index contributed by atoms with van der Waals surface area (Å²) in [5, 5.41) is 2.60. The lowest BCUT2D eigenvalue weighted by Gasteiger charge is -2.34. The fourth-order valence-corrected chi connectivity index (χ4v) is 4.08. The molecule has 1 atom stereocenters. The molecule has 3 rings (SSSR count). The standard InChI is InChI=1S/C24H30N4O7.ClH/c1-5-26(6-2)13-18(29)25-24(3,4)23(34)35-14-27-19(30)12-11-17(22(27)33)28-20(31)15-9-7-8-10-16(15)21(28)32;/h7-10,17H,5-6,11-14H2,1-4H3,(H,25,29);1H. The molecular weight excluding hydrogens is 492 g/mol. The number of halogens is 1. The fraction of sp³-hybridized carbons (Fsp3) is 0.500. The lowest BCUT2D eigenvalue weighted by molar-refractivity contribution is -0.167. The van der Waals surface area contributed by atoms with Crippen molar-refractivity contribution in [2.45, 2.75) is 52.1 Å². The number of hydrogen-bond acceptors (Lipinski definition) is 8. The van der Waals surface area contributed by atoms with E-state index in [1.54, 1.807) is 12.1 Å². The van der Waals surface area contributed by atoms with Crippen molar-refractivity contribution in [3.8, 4) is 0 Å². The van der Waals surface area contributed by atoms with Gasteiger partial charge in [-0.1, -0.05) is 26.0 Å². The van der Waals surface area contributed by atoms with Crippen LogP contribution in [0.15, 0.2) is 24.3 Å².